The van der Waals surface area contributed by atoms with Gasteiger partial charge in [0.1, 0.15) is 5.82 Å². The Morgan fingerprint density at radius 1 is 1.11 bits per heavy atom. The normalized spacial score (nSPS) is 14.6. The van der Waals surface area contributed by atoms with E-state index < -0.39 is 0 Å². The van der Waals surface area contributed by atoms with Gasteiger partial charge in [0, 0.05) is 24.9 Å². The van der Waals surface area contributed by atoms with Crippen LogP contribution in [0.1, 0.15) is 36.6 Å². The lowest BCUT2D eigenvalue weighted by Crippen LogP contribution is -2.17. The minimum Gasteiger partial charge on any atom is -0.381 e. The lowest BCUT2D eigenvalue weighted by molar-refractivity contribution is 0.117. The van der Waals surface area contributed by atoms with Crippen molar-refractivity contribution in [3.05, 3.63) is 22.8 Å². The van der Waals surface area contributed by atoms with Crippen molar-refractivity contribution < 1.29 is 4.74 Å². The molecule has 0 saturated heterocycles. The molecule has 4 heteroatoms. The summed E-state index contributed by atoms with van der Waals surface area (Å²) in [5, 5.41) is 0. The number of hydrogen-bond acceptors (Lipinski definition) is 4. The summed E-state index contributed by atoms with van der Waals surface area (Å²) in [4.78, 5) is 9.15. The van der Waals surface area contributed by atoms with E-state index in [0.717, 1.165) is 30.1 Å². The van der Waals surface area contributed by atoms with E-state index in [1.54, 1.807) is 7.11 Å². The van der Waals surface area contributed by atoms with E-state index >= 15 is 0 Å². The molecular formula is C14H25N3O. The van der Waals surface area contributed by atoms with E-state index in [0.29, 0.717) is 12.5 Å². The van der Waals surface area contributed by atoms with Crippen molar-refractivity contribution in [2.24, 2.45) is 11.7 Å². The Balaban J connectivity index is 2.90. The van der Waals surface area contributed by atoms with Crippen molar-refractivity contribution in [1.82, 2.24) is 9.97 Å². The molecule has 0 saturated carbocycles. The lowest BCUT2D eigenvalue weighted by Gasteiger charge is -2.15. The highest BCUT2D eigenvalue weighted by molar-refractivity contribution is 5.25. The van der Waals surface area contributed by atoms with Crippen molar-refractivity contribution in [3.63, 3.8) is 0 Å². The van der Waals surface area contributed by atoms with Crippen LogP contribution < -0.4 is 5.73 Å². The molecule has 1 rings (SSSR count). The summed E-state index contributed by atoms with van der Waals surface area (Å²) in [6, 6.07) is 0. The molecule has 0 fully saturated rings. The molecule has 1 heterocycles. The highest BCUT2D eigenvalue weighted by atomic mass is 16.5. The average Bonchev–Trinajstić information content (AvgIpc) is 2.33. The lowest BCUT2D eigenvalue weighted by atomic mass is 9.99. The average molecular weight is 251 g/mol. The van der Waals surface area contributed by atoms with Gasteiger partial charge in [-0.3, -0.25) is 0 Å². The molecule has 0 aliphatic rings. The summed E-state index contributed by atoms with van der Waals surface area (Å²) in [6.45, 7) is 8.97. The smallest absolute Gasteiger partial charge is 0.131 e. The van der Waals surface area contributed by atoms with Crippen LogP contribution in [0, 0.1) is 19.8 Å². The molecule has 0 spiro atoms. The molecule has 4 nitrogen and oxygen atoms in total. The fourth-order valence-electron chi connectivity index (χ4n) is 1.97. The van der Waals surface area contributed by atoms with Crippen LogP contribution in [-0.2, 0) is 17.6 Å². The van der Waals surface area contributed by atoms with Gasteiger partial charge in [0.2, 0.25) is 0 Å². The van der Waals surface area contributed by atoms with E-state index in [9.17, 15) is 0 Å². The third-order valence-corrected chi connectivity index (χ3v) is 3.29. The molecule has 18 heavy (non-hydrogen) atoms. The predicted octanol–water partition coefficient (Wildman–Crippen LogP) is 1.81. The Labute approximate surface area is 110 Å². The van der Waals surface area contributed by atoms with Crippen molar-refractivity contribution in [3.8, 4) is 0 Å². The zero-order chi connectivity index (χ0) is 13.7. The first-order valence-electron chi connectivity index (χ1n) is 6.53. The second-order valence-corrected chi connectivity index (χ2v) is 5.08. The Kier molecular flexibility index (Phi) is 5.69. The van der Waals surface area contributed by atoms with E-state index in [1.807, 2.05) is 20.8 Å². The number of aromatic nitrogens is 2. The minimum absolute atomic E-state index is 0.151. The fourth-order valence-corrected chi connectivity index (χ4v) is 1.97. The van der Waals surface area contributed by atoms with Crippen LogP contribution in [0.4, 0.5) is 0 Å². The van der Waals surface area contributed by atoms with E-state index in [2.05, 4.69) is 16.9 Å². The zero-order valence-corrected chi connectivity index (χ0v) is 12.2. The molecule has 1 aromatic heterocycles. The van der Waals surface area contributed by atoms with Crippen molar-refractivity contribution in [1.29, 1.82) is 0 Å². The maximum atomic E-state index is 5.68. The van der Waals surface area contributed by atoms with Crippen LogP contribution >= 0.6 is 0 Å². The largest absolute Gasteiger partial charge is 0.381 e. The Morgan fingerprint density at radius 3 is 2.11 bits per heavy atom. The molecule has 0 aromatic carbocycles. The Morgan fingerprint density at radius 2 is 1.67 bits per heavy atom. The minimum atomic E-state index is 0.151. The van der Waals surface area contributed by atoms with Crippen LogP contribution in [0.5, 0.6) is 0 Å². The van der Waals surface area contributed by atoms with E-state index in [-0.39, 0.29) is 6.10 Å². The summed E-state index contributed by atoms with van der Waals surface area (Å²) in [5.41, 5.74) is 9.06. The van der Waals surface area contributed by atoms with Gasteiger partial charge in [0.15, 0.2) is 0 Å². The third-order valence-electron chi connectivity index (χ3n) is 3.29. The van der Waals surface area contributed by atoms with Crippen molar-refractivity contribution >= 4 is 0 Å². The number of hydrogen-bond donors (Lipinski definition) is 1. The summed E-state index contributed by atoms with van der Waals surface area (Å²) in [5.74, 6) is 1.33. The van der Waals surface area contributed by atoms with Crippen molar-refractivity contribution in [2.75, 3.05) is 13.7 Å². The van der Waals surface area contributed by atoms with Crippen LogP contribution in [0.3, 0.4) is 0 Å². The van der Waals surface area contributed by atoms with E-state index in [1.165, 1.54) is 5.56 Å². The maximum absolute atomic E-state index is 5.68. The first-order chi connectivity index (χ1) is 8.47. The monoisotopic (exact) mass is 251 g/mol. The van der Waals surface area contributed by atoms with Gasteiger partial charge in [-0.05, 0) is 45.2 Å². The summed E-state index contributed by atoms with van der Waals surface area (Å²) >= 11 is 0. The molecule has 2 N–H and O–H groups in total. The summed E-state index contributed by atoms with van der Waals surface area (Å²) in [7, 11) is 1.71. The number of rotatable bonds is 6. The SMILES string of the molecule is COC(C)Cc1nc(C)c(CC(C)CN)c(C)n1. The second kappa shape index (κ2) is 6.81. The Hall–Kier alpha value is -1.00. The maximum Gasteiger partial charge on any atom is 0.131 e. The van der Waals surface area contributed by atoms with Gasteiger partial charge in [-0.25, -0.2) is 9.97 Å². The summed E-state index contributed by atoms with van der Waals surface area (Å²) < 4.78 is 5.25. The predicted molar refractivity (Wildman–Crippen MR) is 73.6 cm³/mol. The molecule has 2 unspecified atom stereocenters. The third kappa shape index (κ3) is 4.03. The van der Waals surface area contributed by atoms with Gasteiger partial charge in [-0.1, -0.05) is 6.92 Å². The fraction of sp³-hybridized carbons (Fsp3) is 0.714. The van der Waals surface area contributed by atoms with Crippen LogP contribution in [-0.4, -0.2) is 29.7 Å². The highest BCUT2D eigenvalue weighted by Gasteiger charge is 2.12. The molecule has 1 aromatic rings. The molecule has 0 aliphatic carbocycles. The molecule has 2 atom stereocenters. The Bertz CT molecular complexity index is 370. The number of ether oxygens (including phenoxy) is 1. The molecular weight excluding hydrogens is 226 g/mol. The topological polar surface area (TPSA) is 61.0 Å². The van der Waals surface area contributed by atoms with Crippen LogP contribution in [0.25, 0.3) is 0 Å². The first kappa shape index (κ1) is 15.1. The summed E-state index contributed by atoms with van der Waals surface area (Å²) in [6.07, 6.45) is 1.86. The van der Waals surface area contributed by atoms with Crippen LogP contribution in [0.2, 0.25) is 0 Å². The van der Waals surface area contributed by atoms with Gasteiger partial charge >= 0.3 is 0 Å². The molecule has 0 bridgehead atoms. The highest BCUT2D eigenvalue weighted by Crippen LogP contribution is 2.15. The molecule has 0 aliphatic heterocycles. The molecule has 0 amide bonds. The van der Waals surface area contributed by atoms with E-state index in [4.69, 9.17) is 10.5 Å². The number of nitrogens with zero attached hydrogens (tertiary/aromatic N) is 2. The van der Waals surface area contributed by atoms with Gasteiger partial charge in [-0.2, -0.15) is 0 Å². The quantitative estimate of drug-likeness (QED) is 0.837. The van der Waals surface area contributed by atoms with Crippen LogP contribution in [0.15, 0.2) is 0 Å². The standard InChI is InChI=1S/C14H25N3O/c1-9(8-15)6-13-11(3)16-14(17-12(13)4)7-10(2)18-5/h9-10H,6-8,15H2,1-5H3. The van der Waals surface area contributed by atoms with Gasteiger partial charge in [0.05, 0.1) is 6.10 Å². The van der Waals surface area contributed by atoms with Gasteiger partial charge < -0.3 is 10.5 Å². The van der Waals surface area contributed by atoms with Gasteiger partial charge in [-0.15, -0.1) is 0 Å². The number of methoxy groups -OCH3 is 1. The molecule has 102 valence electrons. The number of nitrogens with two attached hydrogens (primary N) is 1. The number of aryl methyl sites for hydroxylation is 2. The van der Waals surface area contributed by atoms with Crippen molar-refractivity contribution in [2.45, 2.75) is 46.6 Å². The first-order valence-corrected chi connectivity index (χ1v) is 6.53. The molecule has 0 radical (unpaired) electrons. The zero-order valence-electron chi connectivity index (χ0n) is 12.2. The second-order valence-electron chi connectivity index (χ2n) is 5.08. The van der Waals surface area contributed by atoms with Gasteiger partial charge in [0.25, 0.3) is 0 Å².